The van der Waals surface area contributed by atoms with E-state index in [-0.39, 0.29) is 38.6 Å². The van der Waals surface area contributed by atoms with E-state index in [1.54, 1.807) is 18.2 Å². The zero-order chi connectivity index (χ0) is 25.8. The lowest BCUT2D eigenvalue weighted by Crippen LogP contribution is -2.21. The maximum absolute atomic E-state index is 12.7. The van der Waals surface area contributed by atoms with E-state index in [1.165, 1.54) is 19.2 Å². The monoisotopic (exact) mass is 524 g/mol. The van der Waals surface area contributed by atoms with Gasteiger partial charge in [-0.3, -0.25) is 0 Å². The van der Waals surface area contributed by atoms with E-state index in [9.17, 15) is 10.1 Å². The van der Waals surface area contributed by atoms with E-state index in [2.05, 4.69) is 6.07 Å². The summed E-state index contributed by atoms with van der Waals surface area (Å²) in [7, 11) is 1.43. The fourth-order valence-corrected chi connectivity index (χ4v) is 4.50. The summed E-state index contributed by atoms with van der Waals surface area (Å²) in [4.78, 5) is 12.7. The molecule has 0 spiro atoms. The number of ether oxygens (including phenoxy) is 4. The number of esters is 1. The van der Waals surface area contributed by atoms with Crippen molar-refractivity contribution in [1.29, 1.82) is 5.26 Å². The van der Waals surface area contributed by atoms with Crippen molar-refractivity contribution in [2.24, 2.45) is 5.73 Å². The molecule has 2 N–H and O–H groups in total. The first kappa shape index (κ1) is 25.2. The first-order chi connectivity index (χ1) is 17.4. The van der Waals surface area contributed by atoms with E-state index < -0.39 is 11.9 Å². The number of carbonyl (C=O) groups is 1. The normalized spacial score (nSPS) is 14.4. The van der Waals surface area contributed by atoms with Crippen LogP contribution >= 0.6 is 23.2 Å². The van der Waals surface area contributed by atoms with Gasteiger partial charge in [0.1, 0.15) is 28.9 Å². The van der Waals surface area contributed by atoms with Crippen LogP contribution in [-0.2, 0) is 0 Å². The van der Waals surface area contributed by atoms with Crippen LogP contribution in [0.25, 0.3) is 0 Å². The highest BCUT2D eigenvalue weighted by Crippen LogP contribution is 2.44. The third-order valence-corrected chi connectivity index (χ3v) is 6.09. The molecule has 1 aliphatic heterocycles. The Morgan fingerprint density at radius 2 is 1.75 bits per heavy atom. The predicted molar refractivity (Wildman–Crippen MR) is 136 cm³/mol. The fourth-order valence-electron chi connectivity index (χ4n) is 3.86. The number of methoxy groups -OCH3 is 1. The summed E-state index contributed by atoms with van der Waals surface area (Å²) in [6, 6.07) is 17.4. The summed E-state index contributed by atoms with van der Waals surface area (Å²) in [5.41, 5.74) is 8.08. The van der Waals surface area contributed by atoms with Gasteiger partial charge in [0.05, 0.1) is 35.2 Å². The lowest BCUT2D eigenvalue weighted by molar-refractivity contribution is 0.0734. The van der Waals surface area contributed by atoms with Crippen molar-refractivity contribution in [2.75, 3.05) is 13.7 Å². The van der Waals surface area contributed by atoms with Crippen LogP contribution in [0.2, 0.25) is 10.0 Å². The molecule has 0 bridgehead atoms. The van der Waals surface area contributed by atoms with Gasteiger partial charge < -0.3 is 24.7 Å². The molecule has 0 radical (unpaired) electrons. The topological polar surface area (TPSA) is 104 Å². The van der Waals surface area contributed by atoms with E-state index in [4.69, 9.17) is 47.9 Å². The van der Waals surface area contributed by atoms with Gasteiger partial charge in [0.2, 0.25) is 5.88 Å². The standard InChI is InChI=1S/C27H22Cl2N2O5/c1-3-10-34-17-6-4-15(5-7-17)24-19-9-8-18(13-23(19)36-26(31)20(24)14-30)35-27(32)16-11-21(28)25(33-2)22(29)12-16/h4-9,11-13,24H,3,10,31H2,1-2H3. The number of carbonyl (C=O) groups excluding carboxylic acids is 1. The highest BCUT2D eigenvalue weighted by molar-refractivity contribution is 6.37. The molecule has 1 unspecified atom stereocenters. The van der Waals surface area contributed by atoms with E-state index in [0.717, 1.165) is 17.7 Å². The molecular weight excluding hydrogens is 503 g/mol. The number of nitrogens with two attached hydrogens (primary N) is 1. The van der Waals surface area contributed by atoms with Crippen LogP contribution in [0.4, 0.5) is 0 Å². The Morgan fingerprint density at radius 1 is 1.08 bits per heavy atom. The lowest BCUT2D eigenvalue weighted by atomic mass is 9.83. The molecular formula is C27H22Cl2N2O5. The second kappa shape index (κ2) is 10.8. The first-order valence-corrected chi connectivity index (χ1v) is 11.8. The van der Waals surface area contributed by atoms with Gasteiger partial charge in [-0.25, -0.2) is 4.79 Å². The molecule has 4 rings (SSSR count). The first-order valence-electron chi connectivity index (χ1n) is 11.1. The highest BCUT2D eigenvalue weighted by Gasteiger charge is 2.31. The smallest absolute Gasteiger partial charge is 0.343 e. The van der Waals surface area contributed by atoms with Crippen molar-refractivity contribution in [2.45, 2.75) is 19.3 Å². The van der Waals surface area contributed by atoms with Crippen LogP contribution in [0, 0.1) is 11.3 Å². The fraction of sp³-hybridized carbons (Fsp3) is 0.185. The van der Waals surface area contributed by atoms with Gasteiger partial charge >= 0.3 is 5.97 Å². The minimum absolute atomic E-state index is 0.0153. The average Bonchev–Trinajstić information content (AvgIpc) is 2.86. The van der Waals surface area contributed by atoms with Crippen molar-refractivity contribution in [3.8, 4) is 29.1 Å². The molecule has 3 aromatic carbocycles. The van der Waals surface area contributed by atoms with Crippen molar-refractivity contribution >= 4 is 29.2 Å². The molecule has 0 aliphatic carbocycles. The number of halogens is 2. The Kier molecular flexibility index (Phi) is 7.58. The largest absolute Gasteiger partial charge is 0.494 e. The second-order valence-electron chi connectivity index (χ2n) is 7.90. The minimum Gasteiger partial charge on any atom is -0.494 e. The van der Waals surface area contributed by atoms with Gasteiger partial charge in [0, 0.05) is 11.6 Å². The van der Waals surface area contributed by atoms with E-state index in [0.29, 0.717) is 17.9 Å². The van der Waals surface area contributed by atoms with Gasteiger partial charge in [-0.15, -0.1) is 0 Å². The van der Waals surface area contributed by atoms with Crippen LogP contribution < -0.4 is 24.7 Å². The summed E-state index contributed by atoms with van der Waals surface area (Å²) < 4.78 is 22.0. The number of allylic oxidation sites excluding steroid dienone is 1. The summed E-state index contributed by atoms with van der Waals surface area (Å²) in [6.07, 6.45) is 0.901. The third-order valence-electron chi connectivity index (χ3n) is 5.53. The number of hydrogen-bond acceptors (Lipinski definition) is 7. The third kappa shape index (κ3) is 5.06. The van der Waals surface area contributed by atoms with Gasteiger partial charge in [0.25, 0.3) is 0 Å². The Morgan fingerprint density at radius 3 is 2.36 bits per heavy atom. The van der Waals surface area contributed by atoms with E-state index in [1.807, 2.05) is 31.2 Å². The predicted octanol–water partition coefficient (Wildman–Crippen LogP) is 6.23. The molecule has 1 aliphatic rings. The minimum atomic E-state index is -0.669. The quantitative estimate of drug-likeness (QED) is 0.288. The Labute approximate surface area is 218 Å². The molecule has 0 saturated carbocycles. The second-order valence-corrected chi connectivity index (χ2v) is 8.72. The van der Waals surface area contributed by atoms with Crippen LogP contribution in [0.1, 0.15) is 40.7 Å². The average molecular weight is 525 g/mol. The van der Waals surface area contributed by atoms with Crippen molar-refractivity contribution in [3.63, 3.8) is 0 Å². The highest BCUT2D eigenvalue weighted by atomic mass is 35.5. The molecule has 3 aromatic rings. The van der Waals surface area contributed by atoms with Gasteiger partial charge in [-0.2, -0.15) is 5.26 Å². The van der Waals surface area contributed by atoms with Gasteiger partial charge in [-0.05, 0) is 42.3 Å². The molecule has 36 heavy (non-hydrogen) atoms. The molecule has 9 heteroatoms. The SMILES string of the molecule is CCCOc1ccc(C2C(C#N)=C(N)Oc3cc(OC(=O)c4cc(Cl)c(OC)c(Cl)c4)ccc32)cc1. The number of hydrogen-bond donors (Lipinski definition) is 1. The zero-order valence-corrected chi connectivity index (χ0v) is 21.0. The molecule has 184 valence electrons. The Hall–Kier alpha value is -3.86. The number of fused-ring (bicyclic) bond motifs is 1. The summed E-state index contributed by atoms with van der Waals surface area (Å²) in [5, 5.41) is 10.1. The molecule has 0 amide bonds. The molecule has 1 atom stereocenters. The molecule has 1 heterocycles. The van der Waals surface area contributed by atoms with E-state index >= 15 is 0 Å². The molecule has 0 fully saturated rings. The van der Waals surface area contributed by atoms with Crippen molar-refractivity contribution < 1.29 is 23.7 Å². The van der Waals surface area contributed by atoms with Crippen LogP contribution in [0.5, 0.6) is 23.0 Å². The maximum atomic E-state index is 12.7. The van der Waals surface area contributed by atoms with Crippen LogP contribution in [-0.4, -0.2) is 19.7 Å². The number of nitrogens with zero attached hydrogens (tertiary/aromatic N) is 1. The van der Waals surface area contributed by atoms with Gasteiger partial charge in [0.15, 0.2) is 5.75 Å². The molecule has 0 saturated heterocycles. The number of benzene rings is 3. The Bertz CT molecular complexity index is 1360. The van der Waals surface area contributed by atoms with Crippen molar-refractivity contribution in [3.05, 3.63) is 92.8 Å². The summed E-state index contributed by atoms with van der Waals surface area (Å²) >= 11 is 12.3. The molecule has 0 aromatic heterocycles. The van der Waals surface area contributed by atoms with Gasteiger partial charge in [-0.1, -0.05) is 48.3 Å². The lowest BCUT2D eigenvalue weighted by Gasteiger charge is -2.26. The summed E-state index contributed by atoms with van der Waals surface area (Å²) in [5.74, 6) is 0.461. The Balaban J connectivity index is 1.63. The zero-order valence-electron chi connectivity index (χ0n) is 19.5. The number of nitriles is 1. The number of rotatable bonds is 7. The molecule has 7 nitrogen and oxygen atoms in total. The van der Waals surface area contributed by atoms with Crippen molar-refractivity contribution in [1.82, 2.24) is 0 Å². The maximum Gasteiger partial charge on any atom is 0.343 e. The van der Waals surface area contributed by atoms with Crippen LogP contribution in [0.3, 0.4) is 0 Å². The van der Waals surface area contributed by atoms with Crippen LogP contribution in [0.15, 0.2) is 66.1 Å². The summed E-state index contributed by atoms with van der Waals surface area (Å²) in [6.45, 7) is 2.65.